The Morgan fingerprint density at radius 1 is 0.844 bits per heavy atom. The quantitative estimate of drug-likeness (QED) is 0.231. The minimum atomic E-state index is -1.47. The molecule has 9 heteroatoms. The minimum Gasteiger partial charge on any atom is -0.396 e. The summed E-state index contributed by atoms with van der Waals surface area (Å²) in [5.74, 6) is -0.0659. The number of aliphatic hydroxyl groups excluding tert-OH is 6. The molecule has 0 spiro atoms. The first-order valence-electron chi connectivity index (χ1n) is 17.2. The molecule has 9 nitrogen and oxygen atoms in total. The lowest BCUT2D eigenvalue weighted by atomic mass is 9.33. The highest BCUT2D eigenvalue weighted by Crippen LogP contribution is 2.75. The Kier molecular flexibility index (Phi) is 7.98. The number of allylic oxidation sites excluding steroid dienone is 3. The van der Waals surface area contributed by atoms with Crippen molar-refractivity contribution in [3.63, 3.8) is 0 Å². The summed E-state index contributed by atoms with van der Waals surface area (Å²) in [4.78, 5) is 0. The predicted molar refractivity (Wildman–Crippen MR) is 168 cm³/mol. The molecule has 1 heterocycles. The fourth-order valence-electron chi connectivity index (χ4n) is 11.4. The van der Waals surface area contributed by atoms with Gasteiger partial charge in [-0.2, -0.15) is 0 Å². The lowest BCUT2D eigenvalue weighted by Gasteiger charge is -2.72. The maximum absolute atomic E-state index is 12.9. The number of hydrogen-bond donors (Lipinski definition) is 7. The molecule has 0 aromatic heterocycles. The molecule has 256 valence electrons. The van der Waals surface area contributed by atoms with Gasteiger partial charge in [-0.3, -0.25) is 0 Å². The van der Waals surface area contributed by atoms with Crippen LogP contribution in [0, 0.1) is 38.4 Å². The second-order valence-corrected chi connectivity index (χ2v) is 17.6. The molecule has 1 saturated heterocycles. The van der Waals surface area contributed by atoms with Gasteiger partial charge in [0, 0.05) is 21.7 Å². The molecule has 1 aliphatic heterocycles. The Morgan fingerprint density at radius 3 is 2.18 bits per heavy atom. The lowest BCUT2D eigenvalue weighted by Crippen LogP contribution is -2.74. The highest BCUT2D eigenvalue weighted by atomic mass is 16.7. The average Bonchev–Trinajstić information content (AvgIpc) is 2.98. The van der Waals surface area contributed by atoms with Crippen LogP contribution < -0.4 is 0 Å². The van der Waals surface area contributed by atoms with Crippen LogP contribution in [0.2, 0.25) is 0 Å². The molecule has 0 radical (unpaired) electrons. The average molecular weight is 635 g/mol. The summed E-state index contributed by atoms with van der Waals surface area (Å²) in [6.45, 7) is 14.3. The summed E-state index contributed by atoms with van der Waals surface area (Å²) >= 11 is 0. The predicted octanol–water partition coefficient (Wildman–Crippen LogP) is 2.97. The molecule has 45 heavy (non-hydrogen) atoms. The van der Waals surface area contributed by atoms with E-state index >= 15 is 0 Å². The molecular formula is C36H58O9. The van der Waals surface area contributed by atoms with Gasteiger partial charge < -0.3 is 45.2 Å². The van der Waals surface area contributed by atoms with E-state index in [9.17, 15) is 35.7 Å². The van der Waals surface area contributed by atoms with Crippen molar-refractivity contribution in [3.8, 4) is 0 Å². The van der Waals surface area contributed by atoms with Crippen LogP contribution in [-0.2, 0) is 9.47 Å². The van der Waals surface area contributed by atoms with Crippen LogP contribution in [0.1, 0.15) is 99.8 Å². The first-order chi connectivity index (χ1) is 20.8. The zero-order valence-electron chi connectivity index (χ0n) is 28.3. The summed E-state index contributed by atoms with van der Waals surface area (Å²) in [5.41, 5.74) is -1.88. The molecule has 0 aromatic rings. The van der Waals surface area contributed by atoms with Crippen molar-refractivity contribution < 1.29 is 45.2 Å². The van der Waals surface area contributed by atoms with Gasteiger partial charge >= 0.3 is 0 Å². The Hall–Kier alpha value is -0.880. The standard InChI is InChI=1S/C36H58O9/c1-20-26(40)27(41)28(42)29(44-20)45-25-10-11-32(5)23-9-8-21-22-16-30(2,3)12-14-35(22,19-38)24(39)17-33(21,6)31(23,4)13-15-36(32,43)34(25,7)18-37/h8-9,20,23-29,37-43H,10-19H2,1-7H3. The largest absolute Gasteiger partial charge is 0.396 e. The van der Waals surface area contributed by atoms with Crippen molar-refractivity contribution in [1.82, 2.24) is 0 Å². The number of aliphatic hydroxyl groups is 7. The molecule has 14 unspecified atom stereocenters. The number of fused-ring (bicyclic) bond motifs is 6. The Bertz CT molecular complexity index is 1250. The summed E-state index contributed by atoms with van der Waals surface area (Å²) in [7, 11) is 0. The van der Waals surface area contributed by atoms with Crippen molar-refractivity contribution in [2.45, 2.75) is 148 Å². The summed E-state index contributed by atoms with van der Waals surface area (Å²) < 4.78 is 12.1. The Labute approximate surface area is 268 Å². The van der Waals surface area contributed by atoms with Gasteiger partial charge in [0.1, 0.15) is 18.3 Å². The van der Waals surface area contributed by atoms with E-state index in [2.05, 4.69) is 46.8 Å². The molecule has 0 amide bonds. The summed E-state index contributed by atoms with van der Waals surface area (Å²) in [6.07, 6.45) is 2.32. The first-order valence-corrected chi connectivity index (χ1v) is 17.2. The maximum atomic E-state index is 12.9. The second-order valence-electron chi connectivity index (χ2n) is 17.6. The highest BCUT2D eigenvalue weighted by Gasteiger charge is 2.74. The van der Waals surface area contributed by atoms with E-state index in [1.165, 1.54) is 11.1 Å². The van der Waals surface area contributed by atoms with Crippen LogP contribution in [0.4, 0.5) is 0 Å². The van der Waals surface area contributed by atoms with Crippen LogP contribution in [-0.4, -0.2) is 97.5 Å². The van der Waals surface area contributed by atoms with Crippen molar-refractivity contribution >= 4 is 0 Å². The molecule has 0 aromatic carbocycles. The third-order valence-corrected chi connectivity index (χ3v) is 15.0. The topological polar surface area (TPSA) is 160 Å². The Morgan fingerprint density at radius 2 is 1.53 bits per heavy atom. The van der Waals surface area contributed by atoms with Crippen LogP contribution >= 0.6 is 0 Å². The molecule has 4 fully saturated rings. The normalized spacial score (nSPS) is 55.8. The van der Waals surface area contributed by atoms with Crippen LogP contribution in [0.15, 0.2) is 23.3 Å². The zero-order chi connectivity index (χ0) is 33.2. The van der Waals surface area contributed by atoms with E-state index in [4.69, 9.17) is 9.47 Å². The molecule has 7 N–H and O–H groups in total. The van der Waals surface area contributed by atoms with Crippen molar-refractivity contribution in [1.29, 1.82) is 0 Å². The van der Waals surface area contributed by atoms with Crippen LogP contribution in [0.3, 0.4) is 0 Å². The Balaban J connectivity index is 1.40. The maximum Gasteiger partial charge on any atom is 0.186 e. The first kappa shape index (κ1) is 34.0. The van der Waals surface area contributed by atoms with Gasteiger partial charge in [-0.15, -0.1) is 0 Å². The van der Waals surface area contributed by atoms with E-state index in [0.717, 1.165) is 19.3 Å². The van der Waals surface area contributed by atoms with Gasteiger partial charge in [0.05, 0.1) is 37.1 Å². The minimum absolute atomic E-state index is 0.0605. The van der Waals surface area contributed by atoms with Gasteiger partial charge in [0.15, 0.2) is 6.29 Å². The SMILES string of the molecule is CC1OC(OC2CCC3(C)C4C=CC5=C6CC(C)(C)CCC6(CO)C(O)CC5(C)C4(C)CCC3(O)C2(C)CO)C(O)C(O)C1O. The molecule has 5 aliphatic carbocycles. The van der Waals surface area contributed by atoms with E-state index in [1.807, 2.05) is 6.92 Å². The van der Waals surface area contributed by atoms with Crippen LogP contribution in [0.25, 0.3) is 0 Å². The lowest BCUT2D eigenvalue weighted by molar-refractivity contribution is -0.349. The fraction of sp³-hybridized carbons (Fsp3) is 0.889. The third-order valence-electron chi connectivity index (χ3n) is 15.0. The van der Waals surface area contributed by atoms with Gasteiger partial charge in [-0.25, -0.2) is 0 Å². The van der Waals surface area contributed by atoms with Crippen molar-refractivity contribution in [3.05, 3.63) is 23.3 Å². The zero-order valence-corrected chi connectivity index (χ0v) is 28.3. The molecule has 14 atom stereocenters. The fourth-order valence-corrected chi connectivity index (χ4v) is 11.4. The van der Waals surface area contributed by atoms with Crippen molar-refractivity contribution in [2.75, 3.05) is 13.2 Å². The molecular weight excluding hydrogens is 576 g/mol. The smallest absolute Gasteiger partial charge is 0.186 e. The summed E-state index contributed by atoms with van der Waals surface area (Å²) in [5, 5.41) is 77.9. The molecule has 3 saturated carbocycles. The molecule has 0 bridgehead atoms. The monoisotopic (exact) mass is 634 g/mol. The van der Waals surface area contributed by atoms with Gasteiger partial charge in [-0.05, 0) is 80.6 Å². The van der Waals surface area contributed by atoms with E-state index in [0.29, 0.717) is 32.1 Å². The number of ether oxygens (including phenoxy) is 2. The highest BCUT2D eigenvalue weighted by molar-refractivity contribution is 5.47. The van der Waals surface area contributed by atoms with Gasteiger partial charge in [0.2, 0.25) is 0 Å². The third kappa shape index (κ3) is 4.24. The molecule has 6 aliphatic rings. The van der Waals surface area contributed by atoms with Crippen LogP contribution in [0.5, 0.6) is 0 Å². The van der Waals surface area contributed by atoms with Crippen molar-refractivity contribution in [2.24, 2.45) is 38.4 Å². The van der Waals surface area contributed by atoms with Gasteiger partial charge in [-0.1, -0.05) is 59.3 Å². The second kappa shape index (κ2) is 10.6. The molecule has 6 rings (SSSR count). The summed E-state index contributed by atoms with van der Waals surface area (Å²) in [6, 6.07) is 0. The number of hydrogen-bond acceptors (Lipinski definition) is 9. The van der Waals surface area contributed by atoms with Gasteiger partial charge in [0.25, 0.3) is 0 Å². The van der Waals surface area contributed by atoms with E-state index in [-0.39, 0.29) is 35.4 Å². The number of rotatable bonds is 4. The van der Waals surface area contributed by atoms with E-state index < -0.39 is 64.8 Å². The van der Waals surface area contributed by atoms with E-state index in [1.54, 1.807) is 6.92 Å².